The molecule has 0 N–H and O–H groups in total. The maximum Gasteiger partial charge on any atom is 0.0541 e. The molecule has 2 unspecified atom stereocenters. The van der Waals surface area contributed by atoms with Crippen LogP contribution in [-0.4, -0.2) is 4.57 Å². The van der Waals surface area contributed by atoms with E-state index in [4.69, 9.17) is 0 Å². The van der Waals surface area contributed by atoms with Gasteiger partial charge in [-0.2, -0.15) is 0 Å². The lowest BCUT2D eigenvalue weighted by atomic mass is 9.74. The molecular weight excluding hydrogens is 749 g/mol. The first kappa shape index (κ1) is 36.7. The van der Waals surface area contributed by atoms with Crippen molar-refractivity contribution in [2.24, 2.45) is 5.92 Å². The molecule has 1 heterocycles. The monoisotopic (exact) mass is 796 g/mol. The first-order chi connectivity index (χ1) is 30.3. The van der Waals surface area contributed by atoms with Gasteiger partial charge in [-0.3, -0.25) is 0 Å². The molecule has 1 aromatic heterocycles. The number of anilines is 3. The van der Waals surface area contributed by atoms with Gasteiger partial charge in [-0.25, -0.2) is 0 Å². The van der Waals surface area contributed by atoms with E-state index in [1.807, 2.05) is 0 Å². The molecular formula is C60H48N2. The van der Waals surface area contributed by atoms with Crippen LogP contribution in [0.2, 0.25) is 0 Å². The minimum Gasteiger partial charge on any atom is -0.310 e. The Morgan fingerprint density at radius 2 is 1.15 bits per heavy atom. The van der Waals surface area contributed by atoms with Crippen molar-refractivity contribution in [3.8, 4) is 39.1 Å². The minimum atomic E-state index is -0.0252. The van der Waals surface area contributed by atoms with Gasteiger partial charge in [0.2, 0.25) is 0 Å². The van der Waals surface area contributed by atoms with E-state index < -0.39 is 0 Å². The molecule has 0 aliphatic heterocycles. The Morgan fingerprint density at radius 1 is 0.452 bits per heavy atom. The topological polar surface area (TPSA) is 8.17 Å². The van der Waals surface area contributed by atoms with Gasteiger partial charge in [0.15, 0.2) is 0 Å². The number of allylic oxidation sites excluding steroid dienone is 4. The number of aromatic nitrogens is 1. The molecule has 8 aromatic carbocycles. The average Bonchev–Trinajstić information content (AvgIpc) is 3.86. The Bertz CT molecular complexity index is 3320. The molecule has 0 spiro atoms. The van der Waals surface area contributed by atoms with Crippen LogP contribution < -0.4 is 4.90 Å². The Morgan fingerprint density at radius 3 is 2.03 bits per heavy atom. The summed E-state index contributed by atoms with van der Waals surface area (Å²) in [5, 5.41) is 2.51. The number of rotatable bonds is 6. The Labute approximate surface area is 364 Å². The fourth-order valence-electron chi connectivity index (χ4n) is 11.4. The molecule has 3 aliphatic carbocycles. The number of fused-ring (bicyclic) bond motifs is 9. The predicted octanol–water partition coefficient (Wildman–Crippen LogP) is 16.0. The van der Waals surface area contributed by atoms with Crippen molar-refractivity contribution in [2.75, 3.05) is 4.90 Å². The van der Waals surface area contributed by atoms with E-state index in [-0.39, 0.29) is 10.8 Å². The third-order valence-electron chi connectivity index (χ3n) is 14.5. The number of benzene rings is 8. The van der Waals surface area contributed by atoms with Crippen LogP contribution in [-0.2, 0) is 10.8 Å². The fourth-order valence-corrected chi connectivity index (χ4v) is 11.4. The van der Waals surface area contributed by atoms with Crippen molar-refractivity contribution in [1.29, 1.82) is 0 Å². The summed E-state index contributed by atoms with van der Waals surface area (Å²) in [6, 6.07) is 67.9. The summed E-state index contributed by atoms with van der Waals surface area (Å²) in [5.41, 5.74) is 20.3. The Balaban J connectivity index is 0.961. The molecule has 12 rings (SSSR count). The average molecular weight is 797 g/mol. The molecule has 0 radical (unpaired) electrons. The lowest BCUT2D eigenvalue weighted by Crippen LogP contribution is -2.24. The van der Waals surface area contributed by atoms with E-state index in [0.717, 1.165) is 11.4 Å². The SMILES string of the molecule is CC1(C)c2ccccc2-c2cc(-n3c4ccccc4c4cc(-c5cccc(-c6ccccc6N(c6ccccc6)c6ccc7c(c6)C6C=CC=CC6C7(C)C)c5)ccc43)ccc21. The van der Waals surface area contributed by atoms with E-state index in [2.05, 4.69) is 243 Å². The van der Waals surface area contributed by atoms with Gasteiger partial charge in [0, 0.05) is 44.7 Å². The normalized spacial score (nSPS) is 17.5. The predicted molar refractivity (Wildman–Crippen MR) is 261 cm³/mol. The largest absolute Gasteiger partial charge is 0.310 e. The number of hydrogen-bond donors (Lipinski definition) is 0. The van der Waals surface area contributed by atoms with Crippen molar-refractivity contribution in [1.82, 2.24) is 4.57 Å². The number of hydrogen-bond acceptors (Lipinski definition) is 1. The highest BCUT2D eigenvalue weighted by molar-refractivity contribution is 6.10. The molecule has 0 amide bonds. The molecule has 0 saturated carbocycles. The molecule has 0 saturated heterocycles. The summed E-state index contributed by atoms with van der Waals surface area (Å²) in [6.07, 6.45) is 9.25. The summed E-state index contributed by atoms with van der Waals surface area (Å²) in [5.74, 6) is 0.831. The van der Waals surface area contributed by atoms with Gasteiger partial charge in [0.05, 0.1) is 16.7 Å². The smallest absolute Gasteiger partial charge is 0.0541 e. The van der Waals surface area contributed by atoms with Crippen LogP contribution in [0.3, 0.4) is 0 Å². The summed E-state index contributed by atoms with van der Waals surface area (Å²) >= 11 is 0. The van der Waals surface area contributed by atoms with Crippen LogP contribution in [0.25, 0.3) is 60.9 Å². The summed E-state index contributed by atoms with van der Waals surface area (Å²) < 4.78 is 2.45. The van der Waals surface area contributed by atoms with Crippen molar-refractivity contribution in [3.05, 3.63) is 229 Å². The number of nitrogens with zero attached hydrogens (tertiary/aromatic N) is 2. The van der Waals surface area contributed by atoms with Crippen LogP contribution in [0, 0.1) is 5.92 Å². The standard InChI is InChI=1S/C60H48N2/c1-59(2)52-25-12-8-22-46(52)49-37-43(30-32-54(49)59)61(42-19-6-5-7-20-42)56-27-14-10-21-45(56)41-18-16-17-39(35-41)40-29-34-58-51(36-40)48-24-11-15-28-57(48)62(58)44-31-33-55-50(38-44)47-23-9-13-26-53(47)60(55,3)4/h5-38,46,52H,1-4H3. The lowest BCUT2D eigenvalue weighted by Gasteiger charge is -2.29. The number of para-hydroxylation sites is 3. The quantitative estimate of drug-likeness (QED) is 0.163. The third kappa shape index (κ3) is 5.42. The highest BCUT2D eigenvalue weighted by Crippen LogP contribution is 2.55. The fraction of sp³-hybridized carbons (Fsp3) is 0.133. The van der Waals surface area contributed by atoms with Crippen LogP contribution in [0.5, 0.6) is 0 Å². The van der Waals surface area contributed by atoms with Gasteiger partial charge in [-0.05, 0) is 128 Å². The van der Waals surface area contributed by atoms with Gasteiger partial charge in [0.1, 0.15) is 0 Å². The molecule has 2 nitrogen and oxygen atoms in total. The summed E-state index contributed by atoms with van der Waals surface area (Å²) in [6.45, 7) is 9.50. The molecule has 0 fully saturated rings. The third-order valence-corrected chi connectivity index (χ3v) is 14.5. The second-order valence-electron chi connectivity index (χ2n) is 18.6. The van der Waals surface area contributed by atoms with Gasteiger partial charge >= 0.3 is 0 Å². The van der Waals surface area contributed by atoms with E-state index in [0.29, 0.717) is 11.8 Å². The highest BCUT2D eigenvalue weighted by atomic mass is 15.1. The van der Waals surface area contributed by atoms with Crippen LogP contribution >= 0.6 is 0 Å². The van der Waals surface area contributed by atoms with Gasteiger partial charge in [-0.15, -0.1) is 0 Å². The molecule has 298 valence electrons. The summed E-state index contributed by atoms with van der Waals surface area (Å²) in [4.78, 5) is 2.45. The van der Waals surface area contributed by atoms with Gasteiger partial charge in [-0.1, -0.05) is 167 Å². The zero-order valence-corrected chi connectivity index (χ0v) is 35.7. The molecule has 2 atom stereocenters. The lowest BCUT2D eigenvalue weighted by molar-refractivity contribution is 0.394. The molecule has 3 aliphatic rings. The Hall–Kier alpha value is -7.16. The molecule has 2 heteroatoms. The first-order valence-electron chi connectivity index (χ1n) is 22.1. The van der Waals surface area contributed by atoms with Crippen LogP contribution in [0.15, 0.2) is 206 Å². The van der Waals surface area contributed by atoms with Crippen molar-refractivity contribution in [2.45, 2.75) is 44.4 Å². The van der Waals surface area contributed by atoms with E-state index >= 15 is 0 Å². The van der Waals surface area contributed by atoms with Crippen LogP contribution in [0.4, 0.5) is 17.1 Å². The maximum atomic E-state index is 2.46. The van der Waals surface area contributed by atoms with E-state index in [1.54, 1.807) is 0 Å². The molecule has 0 bridgehead atoms. The maximum absolute atomic E-state index is 2.46. The second-order valence-corrected chi connectivity index (χ2v) is 18.6. The molecule has 9 aromatic rings. The van der Waals surface area contributed by atoms with E-state index in [1.165, 1.54) is 88.8 Å². The van der Waals surface area contributed by atoms with E-state index in [9.17, 15) is 0 Å². The van der Waals surface area contributed by atoms with Crippen molar-refractivity contribution in [3.63, 3.8) is 0 Å². The van der Waals surface area contributed by atoms with Gasteiger partial charge in [0.25, 0.3) is 0 Å². The van der Waals surface area contributed by atoms with Gasteiger partial charge < -0.3 is 9.47 Å². The molecule has 62 heavy (non-hydrogen) atoms. The van der Waals surface area contributed by atoms with Crippen molar-refractivity contribution >= 4 is 38.9 Å². The minimum absolute atomic E-state index is 0.0252. The second kappa shape index (κ2) is 13.7. The zero-order chi connectivity index (χ0) is 41.7. The first-order valence-corrected chi connectivity index (χ1v) is 22.1. The Kier molecular flexibility index (Phi) is 8.09. The van der Waals surface area contributed by atoms with Crippen molar-refractivity contribution < 1.29 is 0 Å². The summed E-state index contributed by atoms with van der Waals surface area (Å²) in [7, 11) is 0. The zero-order valence-electron chi connectivity index (χ0n) is 35.7. The highest BCUT2D eigenvalue weighted by Gasteiger charge is 2.44. The van der Waals surface area contributed by atoms with Crippen LogP contribution in [0.1, 0.15) is 55.9 Å².